The van der Waals surface area contributed by atoms with Gasteiger partial charge < -0.3 is 10.1 Å². The van der Waals surface area contributed by atoms with Crippen molar-refractivity contribution in [3.63, 3.8) is 0 Å². The van der Waals surface area contributed by atoms with Crippen molar-refractivity contribution in [1.29, 1.82) is 0 Å². The molecule has 2 aromatic rings. The van der Waals surface area contributed by atoms with E-state index in [2.05, 4.69) is 4.74 Å². The lowest BCUT2D eigenvalue weighted by Gasteiger charge is -2.10. The van der Waals surface area contributed by atoms with Gasteiger partial charge in [-0.1, -0.05) is 6.07 Å². The minimum Gasteiger partial charge on any atom is -0.455 e. The molecule has 0 aliphatic carbocycles. The average molecular weight is 365 g/mol. The first-order valence-corrected chi connectivity index (χ1v) is 7.18. The van der Waals surface area contributed by atoms with E-state index >= 15 is 0 Å². The zero-order valence-electron chi connectivity index (χ0n) is 11.7. The largest absolute Gasteiger partial charge is 0.455 e. The smallest absolute Gasteiger partial charge is 0.311 e. The van der Waals surface area contributed by atoms with Crippen LogP contribution in [0, 0.1) is 29.1 Å². The predicted molar refractivity (Wildman–Crippen MR) is 73.8 cm³/mol. The van der Waals surface area contributed by atoms with Crippen molar-refractivity contribution in [3.05, 3.63) is 51.5 Å². The molecule has 0 bridgehead atoms. The van der Waals surface area contributed by atoms with Crippen LogP contribution < -0.4 is 5.32 Å². The van der Waals surface area contributed by atoms with Crippen molar-refractivity contribution in [2.24, 2.45) is 0 Å². The monoisotopic (exact) mass is 365 g/mol. The molecule has 10 heteroatoms. The second-order valence-electron chi connectivity index (χ2n) is 4.41. The van der Waals surface area contributed by atoms with Crippen molar-refractivity contribution in [1.82, 2.24) is 0 Å². The number of nitrogens with one attached hydrogen (secondary N) is 1. The summed E-state index contributed by atoms with van der Waals surface area (Å²) in [7, 11) is 0. The molecule has 0 saturated heterocycles. The fourth-order valence-electron chi connectivity index (χ4n) is 1.64. The first-order valence-electron chi connectivity index (χ1n) is 6.30. The van der Waals surface area contributed by atoms with Crippen LogP contribution in [0.2, 0.25) is 0 Å². The van der Waals surface area contributed by atoms with E-state index in [1.54, 1.807) is 17.5 Å². The van der Waals surface area contributed by atoms with Crippen LogP contribution in [-0.4, -0.2) is 18.5 Å². The van der Waals surface area contributed by atoms with Crippen LogP contribution in [0.3, 0.4) is 0 Å². The van der Waals surface area contributed by atoms with Crippen molar-refractivity contribution in [3.8, 4) is 0 Å². The van der Waals surface area contributed by atoms with E-state index in [9.17, 15) is 31.5 Å². The molecule has 1 aromatic carbocycles. The summed E-state index contributed by atoms with van der Waals surface area (Å²) in [6, 6.07) is 3.35. The molecule has 1 heterocycles. The van der Waals surface area contributed by atoms with Gasteiger partial charge in [0.2, 0.25) is 5.82 Å². The second kappa shape index (κ2) is 7.39. The van der Waals surface area contributed by atoms with E-state index in [0.717, 1.165) is 0 Å². The van der Waals surface area contributed by atoms with Gasteiger partial charge in [0, 0.05) is 4.88 Å². The molecule has 1 amide bonds. The fraction of sp³-hybridized carbons (Fsp3) is 0.143. The zero-order valence-corrected chi connectivity index (χ0v) is 12.5. The molecule has 0 aliphatic heterocycles. The number of carbonyl (C=O) groups excluding carboxylic acids is 2. The molecule has 24 heavy (non-hydrogen) atoms. The number of hydrogen-bond acceptors (Lipinski definition) is 4. The first kappa shape index (κ1) is 17.9. The minimum atomic E-state index is -2.34. The van der Waals surface area contributed by atoms with Crippen LogP contribution in [-0.2, 0) is 20.7 Å². The summed E-state index contributed by atoms with van der Waals surface area (Å²) in [5, 5.41) is 3.21. The van der Waals surface area contributed by atoms with Gasteiger partial charge in [0.15, 0.2) is 29.9 Å². The van der Waals surface area contributed by atoms with Gasteiger partial charge >= 0.3 is 5.97 Å². The lowest BCUT2D eigenvalue weighted by molar-refractivity contribution is -0.146. The Morgan fingerprint density at radius 2 is 1.58 bits per heavy atom. The maximum absolute atomic E-state index is 13.4. The Labute approximate surface area is 135 Å². The highest BCUT2D eigenvalue weighted by Crippen LogP contribution is 2.27. The van der Waals surface area contributed by atoms with Gasteiger partial charge in [0.05, 0.1) is 6.42 Å². The number of thiophene rings is 1. The number of esters is 1. The van der Waals surface area contributed by atoms with Crippen molar-refractivity contribution in [2.75, 3.05) is 11.9 Å². The normalized spacial score (nSPS) is 10.5. The van der Waals surface area contributed by atoms with Crippen LogP contribution in [0.4, 0.5) is 27.6 Å². The number of hydrogen-bond donors (Lipinski definition) is 1. The predicted octanol–water partition coefficient (Wildman–Crippen LogP) is 3.17. The number of benzene rings is 1. The SMILES string of the molecule is O=C(COC(=O)Cc1cccs1)Nc1c(F)c(F)c(F)c(F)c1F. The Morgan fingerprint density at radius 3 is 2.12 bits per heavy atom. The summed E-state index contributed by atoms with van der Waals surface area (Å²) in [4.78, 5) is 23.6. The van der Waals surface area contributed by atoms with Gasteiger partial charge in [-0.15, -0.1) is 11.3 Å². The Hall–Kier alpha value is -2.49. The average Bonchev–Trinajstić information content (AvgIpc) is 3.06. The van der Waals surface area contributed by atoms with E-state index in [1.165, 1.54) is 16.7 Å². The molecule has 0 fully saturated rings. The Kier molecular flexibility index (Phi) is 5.50. The molecule has 1 N–H and O–H groups in total. The van der Waals surface area contributed by atoms with E-state index < -0.39 is 53.3 Å². The van der Waals surface area contributed by atoms with E-state index in [1.807, 2.05) is 0 Å². The van der Waals surface area contributed by atoms with Gasteiger partial charge in [-0.3, -0.25) is 9.59 Å². The maximum atomic E-state index is 13.4. The second-order valence-corrected chi connectivity index (χ2v) is 5.44. The number of anilines is 1. The van der Waals surface area contributed by atoms with Crippen LogP contribution >= 0.6 is 11.3 Å². The van der Waals surface area contributed by atoms with Gasteiger partial charge in [0.1, 0.15) is 5.69 Å². The summed E-state index contributed by atoms with van der Waals surface area (Å²) >= 11 is 1.28. The summed E-state index contributed by atoms with van der Waals surface area (Å²) in [6.07, 6.45) is -0.118. The summed E-state index contributed by atoms with van der Waals surface area (Å²) in [5.74, 6) is -13.2. The standard InChI is InChI=1S/C14H8F5NO3S/c15-9-10(16)12(18)14(13(19)11(9)17)20-7(21)5-23-8(22)4-6-2-1-3-24-6/h1-3H,4-5H2,(H,20,21). The van der Waals surface area contributed by atoms with E-state index in [0.29, 0.717) is 4.88 Å². The van der Waals surface area contributed by atoms with Gasteiger partial charge in [-0.2, -0.15) is 0 Å². The van der Waals surface area contributed by atoms with Crippen LogP contribution in [0.5, 0.6) is 0 Å². The van der Waals surface area contributed by atoms with Gasteiger partial charge in [-0.25, -0.2) is 22.0 Å². The zero-order chi connectivity index (χ0) is 17.9. The molecule has 0 saturated carbocycles. The molecule has 0 aliphatic rings. The number of ether oxygens (including phenoxy) is 1. The molecule has 0 radical (unpaired) electrons. The van der Waals surface area contributed by atoms with E-state index in [4.69, 9.17) is 0 Å². The summed E-state index contributed by atoms with van der Waals surface area (Å²) in [6.45, 7) is -0.941. The van der Waals surface area contributed by atoms with Crippen LogP contribution in [0.25, 0.3) is 0 Å². The van der Waals surface area contributed by atoms with E-state index in [-0.39, 0.29) is 6.42 Å². The highest BCUT2D eigenvalue weighted by atomic mass is 32.1. The topological polar surface area (TPSA) is 55.4 Å². The Balaban J connectivity index is 1.99. The quantitative estimate of drug-likeness (QED) is 0.383. The Bertz CT molecular complexity index is 750. The number of amides is 1. The van der Waals surface area contributed by atoms with Crippen LogP contribution in [0.1, 0.15) is 4.88 Å². The molecular formula is C14H8F5NO3S. The number of rotatable bonds is 5. The molecule has 1 aromatic heterocycles. The molecule has 0 unspecified atom stereocenters. The van der Waals surface area contributed by atoms with Crippen molar-refractivity contribution >= 4 is 28.9 Å². The molecule has 4 nitrogen and oxygen atoms in total. The van der Waals surface area contributed by atoms with Crippen LogP contribution in [0.15, 0.2) is 17.5 Å². The van der Waals surface area contributed by atoms with Gasteiger partial charge in [0.25, 0.3) is 5.91 Å². The summed E-state index contributed by atoms with van der Waals surface area (Å²) < 4.78 is 70.1. The minimum absolute atomic E-state index is 0.118. The third kappa shape index (κ3) is 3.88. The third-order valence-corrected chi connectivity index (χ3v) is 3.61. The number of halogens is 5. The Morgan fingerprint density at radius 1 is 1.00 bits per heavy atom. The van der Waals surface area contributed by atoms with Crippen molar-refractivity contribution in [2.45, 2.75) is 6.42 Å². The highest BCUT2D eigenvalue weighted by Gasteiger charge is 2.27. The van der Waals surface area contributed by atoms with Crippen molar-refractivity contribution < 1.29 is 36.3 Å². The maximum Gasteiger partial charge on any atom is 0.311 e. The molecule has 0 atom stereocenters. The molecule has 0 spiro atoms. The lowest BCUT2D eigenvalue weighted by atomic mass is 10.2. The fourth-order valence-corrected chi connectivity index (χ4v) is 2.33. The highest BCUT2D eigenvalue weighted by molar-refractivity contribution is 7.10. The lowest BCUT2D eigenvalue weighted by Crippen LogP contribution is -2.23. The molecule has 128 valence electrons. The third-order valence-electron chi connectivity index (χ3n) is 2.74. The molecular weight excluding hydrogens is 357 g/mol. The number of carbonyl (C=O) groups is 2. The van der Waals surface area contributed by atoms with Gasteiger partial charge in [-0.05, 0) is 11.4 Å². The molecule has 2 rings (SSSR count). The summed E-state index contributed by atoms with van der Waals surface area (Å²) in [5.41, 5.74) is -1.51. The first-order chi connectivity index (χ1) is 11.3.